The van der Waals surface area contributed by atoms with E-state index in [0.29, 0.717) is 5.84 Å². The summed E-state index contributed by atoms with van der Waals surface area (Å²) in [5.74, 6) is 1.54. The van der Waals surface area contributed by atoms with E-state index in [9.17, 15) is 0 Å². The van der Waals surface area contributed by atoms with Gasteiger partial charge in [-0.2, -0.15) is 0 Å². The molecule has 0 saturated carbocycles. The largest absolute Gasteiger partial charge is 0.344 e. The summed E-state index contributed by atoms with van der Waals surface area (Å²) < 4.78 is 4.96. The van der Waals surface area contributed by atoms with Gasteiger partial charge in [0.05, 0.1) is 11.0 Å². The van der Waals surface area contributed by atoms with E-state index >= 15 is 0 Å². The van der Waals surface area contributed by atoms with E-state index in [-0.39, 0.29) is 6.17 Å². The highest BCUT2D eigenvalue weighted by atomic mass is 32.1. The summed E-state index contributed by atoms with van der Waals surface area (Å²) in [4.78, 5) is 10.3. The number of nitrogens with one attached hydrogen (secondary N) is 1. The number of aliphatic imine (C=N–C) groups is 2. The molecule has 0 spiro atoms. The van der Waals surface area contributed by atoms with Crippen LogP contribution in [0.15, 0.2) is 204 Å². The highest BCUT2D eigenvalue weighted by Gasteiger charge is 2.22. The lowest BCUT2D eigenvalue weighted by Gasteiger charge is -2.23. The Labute approximate surface area is 338 Å². The molecule has 0 bridgehead atoms. The van der Waals surface area contributed by atoms with Crippen molar-refractivity contribution >= 4 is 86.5 Å². The highest BCUT2D eigenvalue weighted by molar-refractivity contribution is 7.25. The van der Waals surface area contributed by atoms with E-state index in [1.807, 2.05) is 17.4 Å². The predicted molar refractivity (Wildman–Crippen MR) is 246 cm³/mol. The maximum atomic E-state index is 5.15. The lowest BCUT2D eigenvalue weighted by atomic mass is 10.00. The minimum Gasteiger partial charge on any atom is -0.344 e. The van der Waals surface area contributed by atoms with Crippen LogP contribution in [-0.4, -0.2) is 16.2 Å². The van der Waals surface area contributed by atoms with E-state index in [1.165, 1.54) is 63.5 Å². The van der Waals surface area contributed by atoms with Crippen molar-refractivity contribution < 1.29 is 0 Å². The highest BCUT2D eigenvalue weighted by Crippen LogP contribution is 2.41. The standard InChI is InChI=1S/C53H34N4S/c1-2-12-37(13-3-1)51-54-52(56-53(55-51)39-24-29-44-43-16-8-9-17-47(43)58-48(44)32-39)38-20-18-33(19-21-38)34-22-27-40(28-23-34)57-45-30-25-35-10-4-6-14-41(35)49(45)50-42-15-7-5-11-36(42)26-31-46(50)57/h1-32,51H,(H,54,55,56). The van der Waals surface area contributed by atoms with Gasteiger partial charge in [0.25, 0.3) is 0 Å². The van der Waals surface area contributed by atoms with Gasteiger partial charge in [0.15, 0.2) is 5.84 Å². The molecule has 0 amide bonds. The molecule has 2 aromatic heterocycles. The normalized spacial score (nSPS) is 14.4. The van der Waals surface area contributed by atoms with Gasteiger partial charge in [0.1, 0.15) is 12.0 Å². The number of rotatable bonds is 5. The Balaban J connectivity index is 0.910. The molecular weight excluding hydrogens is 725 g/mol. The zero-order valence-corrected chi connectivity index (χ0v) is 32.1. The second kappa shape index (κ2) is 13.1. The van der Waals surface area contributed by atoms with Gasteiger partial charge in [0, 0.05) is 47.8 Å². The molecule has 0 radical (unpaired) electrons. The van der Waals surface area contributed by atoms with E-state index in [2.05, 4.69) is 198 Å². The fourth-order valence-electron chi connectivity index (χ4n) is 8.85. The Morgan fingerprint density at radius 2 is 1.00 bits per heavy atom. The molecule has 4 nitrogen and oxygen atoms in total. The molecule has 12 rings (SSSR count). The molecule has 1 N–H and O–H groups in total. The van der Waals surface area contributed by atoms with Crippen LogP contribution in [0, 0.1) is 0 Å². The van der Waals surface area contributed by atoms with E-state index in [1.54, 1.807) is 0 Å². The molecule has 9 aromatic carbocycles. The first kappa shape index (κ1) is 32.9. The van der Waals surface area contributed by atoms with Crippen molar-refractivity contribution in [3.05, 3.63) is 211 Å². The van der Waals surface area contributed by atoms with Crippen molar-refractivity contribution in [1.29, 1.82) is 0 Å². The lowest BCUT2D eigenvalue weighted by molar-refractivity contribution is 0.674. The molecule has 1 aliphatic heterocycles. The second-order valence-electron chi connectivity index (χ2n) is 15.0. The molecule has 0 aliphatic carbocycles. The van der Waals surface area contributed by atoms with Crippen molar-refractivity contribution in [3.8, 4) is 16.8 Å². The number of hydrogen-bond donors (Lipinski definition) is 1. The molecular formula is C53H34N4S. The average molecular weight is 759 g/mol. The molecule has 5 heteroatoms. The summed E-state index contributed by atoms with van der Waals surface area (Å²) in [7, 11) is 0. The van der Waals surface area contributed by atoms with Crippen molar-refractivity contribution in [3.63, 3.8) is 0 Å². The first-order valence-corrected chi connectivity index (χ1v) is 20.5. The zero-order valence-electron chi connectivity index (χ0n) is 31.3. The summed E-state index contributed by atoms with van der Waals surface area (Å²) >= 11 is 1.82. The van der Waals surface area contributed by atoms with Crippen molar-refractivity contribution in [2.75, 3.05) is 0 Å². The number of aromatic nitrogens is 1. The zero-order chi connectivity index (χ0) is 38.2. The van der Waals surface area contributed by atoms with Crippen LogP contribution in [0.3, 0.4) is 0 Å². The van der Waals surface area contributed by atoms with Gasteiger partial charge in [-0.25, -0.2) is 9.98 Å². The minimum atomic E-state index is -0.258. The molecule has 272 valence electrons. The second-order valence-corrected chi connectivity index (χ2v) is 16.1. The van der Waals surface area contributed by atoms with Crippen LogP contribution in [0.4, 0.5) is 0 Å². The first-order valence-electron chi connectivity index (χ1n) is 19.7. The van der Waals surface area contributed by atoms with Gasteiger partial charge >= 0.3 is 0 Å². The molecule has 1 atom stereocenters. The Hall–Kier alpha value is -7.34. The summed E-state index contributed by atoms with van der Waals surface area (Å²) in [5.41, 5.74) is 8.98. The van der Waals surface area contributed by atoms with Crippen molar-refractivity contribution in [2.24, 2.45) is 9.98 Å². The number of nitrogens with zero attached hydrogens (tertiary/aromatic N) is 3. The van der Waals surface area contributed by atoms with Crippen molar-refractivity contribution in [2.45, 2.75) is 6.17 Å². The number of thiophene rings is 1. The topological polar surface area (TPSA) is 41.7 Å². The molecule has 3 heterocycles. The van der Waals surface area contributed by atoms with Crippen LogP contribution in [-0.2, 0) is 0 Å². The fraction of sp³-hybridized carbons (Fsp3) is 0.0189. The first-order chi connectivity index (χ1) is 28.7. The van der Waals surface area contributed by atoms with Crippen LogP contribution in [0.25, 0.3) is 80.3 Å². The van der Waals surface area contributed by atoms with Gasteiger partial charge in [-0.1, -0.05) is 158 Å². The van der Waals surface area contributed by atoms with Gasteiger partial charge in [-0.05, 0) is 74.6 Å². The van der Waals surface area contributed by atoms with Gasteiger partial charge in [-0.15, -0.1) is 11.3 Å². The summed E-state index contributed by atoms with van der Waals surface area (Å²) in [5, 5.41) is 13.9. The smallest absolute Gasteiger partial charge is 0.159 e. The maximum absolute atomic E-state index is 5.15. The molecule has 58 heavy (non-hydrogen) atoms. The summed E-state index contributed by atoms with van der Waals surface area (Å²) in [6, 6.07) is 69.8. The predicted octanol–water partition coefficient (Wildman–Crippen LogP) is 13.6. The lowest BCUT2D eigenvalue weighted by Crippen LogP contribution is -2.33. The number of hydrogen-bond acceptors (Lipinski definition) is 4. The average Bonchev–Trinajstić information content (AvgIpc) is 3.85. The quantitative estimate of drug-likeness (QED) is 0.187. The summed E-state index contributed by atoms with van der Waals surface area (Å²) in [6.45, 7) is 0. The monoisotopic (exact) mass is 758 g/mol. The Kier molecular flexibility index (Phi) is 7.43. The molecule has 11 aromatic rings. The van der Waals surface area contributed by atoms with Gasteiger partial charge < -0.3 is 9.88 Å². The van der Waals surface area contributed by atoms with E-state index in [4.69, 9.17) is 9.98 Å². The van der Waals surface area contributed by atoms with Gasteiger partial charge in [0.2, 0.25) is 0 Å². The third-order valence-electron chi connectivity index (χ3n) is 11.7. The summed E-state index contributed by atoms with van der Waals surface area (Å²) in [6.07, 6.45) is -0.258. The van der Waals surface area contributed by atoms with Crippen LogP contribution in [0.2, 0.25) is 0 Å². The third-order valence-corrected chi connectivity index (χ3v) is 12.8. The maximum Gasteiger partial charge on any atom is 0.159 e. The molecule has 0 saturated heterocycles. The van der Waals surface area contributed by atoms with Gasteiger partial charge in [-0.3, -0.25) is 0 Å². The van der Waals surface area contributed by atoms with Crippen LogP contribution in [0.5, 0.6) is 0 Å². The fourth-order valence-corrected chi connectivity index (χ4v) is 9.99. The Morgan fingerprint density at radius 3 is 1.69 bits per heavy atom. The number of amidine groups is 2. The minimum absolute atomic E-state index is 0.258. The molecule has 1 unspecified atom stereocenters. The SMILES string of the molecule is c1ccc(C2N=C(c3ccc(-c4ccc(-n5c6ccc7ccccc7c6c6c7ccccc7ccc65)cc4)cc3)N=C(c3ccc4c(c3)sc3ccccc34)N2)cc1. The third kappa shape index (κ3) is 5.28. The van der Waals surface area contributed by atoms with E-state index < -0.39 is 0 Å². The van der Waals surface area contributed by atoms with Crippen LogP contribution >= 0.6 is 11.3 Å². The Bertz CT molecular complexity index is 3370. The van der Waals surface area contributed by atoms with Crippen LogP contribution in [0.1, 0.15) is 22.9 Å². The van der Waals surface area contributed by atoms with E-state index in [0.717, 1.165) is 39.3 Å². The van der Waals surface area contributed by atoms with Crippen molar-refractivity contribution in [1.82, 2.24) is 9.88 Å². The molecule has 1 aliphatic rings. The molecule has 0 fully saturated rings. The number of fused-ring (bicyclic) bond motifs is 10. The Morgan fingerprint density at radius 1 is 0.448 bits per heavy atom. The van der Waals surface area contributed by atoms with Crippen LogP contribution < -0.4 is 5.32 Å². The number of benzene rings is 9.